The van der Waals surface area contributed by atoms with E-state index in [0.717, 1.165) is 11.3 Å². The van der Waals surface area contributed by atoms with Crippen LogP contribution in [0.1, 0.15) is 32.2 Å². The van der Waals surface area contributed by atoms with Crippen LogP contribution in [0.2, 0.25) is 0 Å². The van der Waals surface area contributed by atoms with E-state index in [4.69, 9.17) is 4.74 Å². The van der Waals surface area contributed by atoms with Crippen LogP contribution >= 0.6 is 0 Å². The van der Waals surface area contributed by atoms with Gasteiger partial charge in [0, 0.05) is 7.05 Å². The van der Waals surface area contributed by atoms with Gasteiger partial charge in [0.05, 0.1) is 6.54 Å². The molecule has 6 heteroatoms. The SMILES string of the molecule is Cn1cnnc1CNC(=O)COc1ccccc1C(C)(C)C. The summed E-state index contributed by atoms with van der Waals surface area (Å²) in [5, 5.41) is 10.4. The molecule has 0 aliphatic heterocycles. The lowest BCUT2D eigenvalue weighted by Crippen LogP contribution is -2.29. The summed E-state index contributed by atoms with van der Waals surface area (Å²) in [6, 6.07) is 7.78. The Morgan fingerprint density at radius 3 is 2.68 bits per heavy atom. The number of nitrogens with zero attached hydrogens (tertiary/aromatic N) is 3. The van der Waals surface area contributed by atoms with Crippen molar-refractivity contribution in [1.29, 1.82) is 0 Å². The molecule has 0 saturated heterocycles. The van der Waals surface area contributed by atoms with Crippen molar-refractivity contribution in [2.45, 2.75) is 32.7 Å². The molecule has 22 heavy (non-hydrogen) atoms. The molecule has 0 aliphatic carbocycles. The second-order valence-corrected chi connectivity index (χ2v) is 6.17. The van der Waals surface area contributed by atoms with Gasteiger partial charge in [-0.05, 0) is 17.0 Å². The number of aromatic nitrogens is 3. The topological polar surface area (TPSA) is 69.0 Å². The van der Waals surface area contributed by atoms with Crippen LogP contribution in [-0.4, -0.2) is 27.3 Å². The zero-order valence-corrected chi connectivity index (χ0v) is 13.5. The van der Waals surface area contributed by atoms with Crippen molar-refractivity contribution in [1.82, 2.24) is 20.1 Å². The summed E-state index contributed by atoms with van der Waals surface area (Å²) < 4.78 is 7.43. The van der Waals surface area contributed by atoms with Gasteiger partial charge in [-0.1, -0.05) is 39.0 Å². The van der Waals surface area contributed by atoms with Crippen molar-refractivity contribution in [2.75, 3.05) is 6.61 Å². The van der Waals surface area contributed by atoms with Gasteiger partial charge < -0.3 is 14.6 Å². The normalized spacial score (nSPS) is 11.3. The molecule has 0 saturated carbocycles. The molecule has 1 aromatic heterocycles. The van der Waals surface area contributed by atoms with Crippen molar-refractivity contribution in [2.24, 2.45) is 7.05 Å². The van der Waals surface area contributed by atoms with Gasteiger partial charge in [-0.2, -0.15) is 0 Å². The summed E-state index contributed by atoms with van der Waals surface area (Å²) in [6.45, 7) is 6.65. The van der Waals surface area contributed by atoms with E-state index in [0.29, 0.717) is 12.4 Å². The molecule has 1 amide bonds. The Balaban J connectivity index is 1.90. The maximum Gasteiger partial charge on any atom is 0.258 e. The number of para-hydroxylation sites is 1. The van der Waals surface area contributed by atoms with E-state index in [-0.39, 0.29) is 17.9 Å². The van der Waals surface area contributed by atoms with Crippen LogP contribution in [0.15, 0.2) is 30.6 Å². The van der Waals surface area contributed by atoms with Gasteiger partial charge in [0.2, 0.25) is 0 Å². The first-order chi connectivity index (χ1) is 10.4. The Hall–Kier alpha value is -2.37. The van der Waals surface area contributed by atoms with Crippen molar-refractivity contribution in [3.63, 3.8) is 0 Å². The van der Waals surface area contributed by atoms with Crippen LogP contribution in [0.25, 0.3) is 0 Å². The van der Waals surface area contributed by atoms with Crippen molar-refractivity contribution in [3.05, 3.63) is 42.0 Å². The summed E-state index contributed by atoms with van der Waals surface area (Å²) in [6.07, 6.45) is 1.59. The fourth-order valence-corrected chi connectivity index (χ4v) is 2.05. The number of amides is 1. The average molecular weight is 302 g/mol. The smallest absolute Gasteiger partial charge is 0.258 e. The van der Waals surface area contributed by atoms with E-state index in [1.54, 1.807) is 10.9 Å². The van der Waals surface area contributed by atoms with Gasteiger partial charge in [0.15, 0.2) is 12.4 Å². The third-order valence-corrected chi connectivity index (χ3v) is 3.30. The molecule has 118 valence electrons. The first-order valence-corrected chi connectivity index (χ1v) is 7.20. The Labute approximate surface area is 130 Å². The summed E-state index contributed by atoms with van der Waals surface area (Å²) in [5.41, 5.74) is 1.04. The number of rotatable bonds is 5. The largest absolute Gasteiger partial charge is 0.483 e. The molecule has 0 aliphatic rings. The highest BCUT2D eigenvalue weighted by molar-refractivity contribution is 5.77. The van der Waals surface area contributed by atoms with Gasteiger partial charge in [-0.25, -0.2) is 0 Å². The number of ether oxygens (including phenoxy) is 1. The molecular formula is C16H22N4O2. The predicted octanol–water partition coefficient (Wildman–Crippen LogP) is 1.81. The molecule has 6 nitrogen and oxygen atoms in total. The van der Waals surface area contributed by atoms with Crippen molar-refractivity contribution >= 4 is 5.91 Å². The fourth-order valence-electron chi connectivity index (χ4n) is 2.05. The molecule has 0 radical (unpaired) electrons. The van der Waals surface area contributed by atoms with Crippen molar-refractivity contribution in [3.8, 4) is 5.75 Å². The number of benzene rings is 1. The molecule has 0 fully saturated rings. The molecule has 0 atom stereocenters. The number of carbonyl (C=O) groups excluding carboxylic acids is 1. The third kappa shape index (κ3) is 4.07. The van der Waals surface area contributed by atoms with Crippen LogP contribution in [-0.2, 0) is 23.8 Å². The number of aryl methyl sites for hydroxylation is 1. The molecule has 1 N–H and O–H groups in total. The minimum absolute atomic E-state index is 0.0229. The highest BCUT2D eigenvalue weighted by atomic mass is 16.5. The number of hydrogen-bond acceptors (Lipinski definition) is 4. The minimum atomic E-state index is -0.188. The van der Waals surface area contributed by atoms with Gasteiger partial charge >= 0.3 is 0 Å². The van der Waals surface area contributed by atoms with E-state index in [1.807, 2.05) is 31.3 Å². The van der Waals surface area contributed by atoms with Crippen molar-refractivity contribution < 1.29 is 9.53 Å². The van der Waals surface area contributed by atoms with Gasteiger partial charge in [0.1, 0.15) is 12.1 Å². The van der Waals surface area contributed by atoms with Gasteiger partial charge in [-0.15, -0.1) is 10.2 Å². The van der Waals surface area contributed by atoms with Gasteiger partial charge in [-0.3, -0.25) is 4.79 Å². The quantitative estimate of drug-likeness (QED) is 0.914. The zero-order valence-electron chi connectivity index (χ0n) is 13.5. The van der Waals surface area contributed by atoms with E-state index in [9.17, 15) is 4.79 Å². The summed E-state index contributed by atoms with van der Waals surface area (Å²) in [4.78, 5) is 11.9. The molecule has 0 unspecified atom stereocenters. The number of carbonyl (C=O) groups is 1. The van der Waals surface area contributed by atoms with Crippen LogP contribution in [0.4, 0.5) is 0 Å². The van der Waals surface area contributed by atoms with Gasteiger partial charge in [0.25, 0.3) is 5.91 Å². The highest BCUT2D eigenvalue weighted by Gasteiger charge is 2.18. The third-order valence-electron chi connectivity index (χ3n) is 3.30. The predicted molar refractivity (Wildman–Crippen MR) is 83.5 cm³/mol. The summed E-state index contributed by atoms with van der Waals surface area (Å²) in [7, 11) is 1.83. The molecule has 2 rings (SSSR count). The molecule has 2 aromatic rings. The monoisotopic (exact) mass is 302 g/mol. The molecule has 0 spiro atoms. The second kappa shape index (κ2) is 6.60. The van der Waals surface area contributed by atoms with Crippen LogP contribution in [0.3, 0.4) is 0 Å². The standard InChI is InChI=1S/C16H22N4O2/c1-16(2,3)12-7-5-6-8-13(12)22-10-15(21)17-9-14-19-18-11-20(14)4/h5-8,11H,9-10H2,1-4H3,(H,17,21). The fraction of sp³-hybridized carbons (Fsp3) is 0.438. The van der Waals surface area contributed by atoms with E-state index in [2.05, 4.69) is 36.3 Å². The Bertz CT molecular complexity index is 644. The Morgan fingerprint density at radius 2 is 2.05 bits per heavy atom. The lowest BCUT2D eigenvalue weighted by Gasteiger charge is -2.22. The Kier molecular flexibility index (Phi) is 4.80. The molecular weight excluding hydrogens is 280 g/mol. The van der Waals surface area contributed by atoms with E-state index < -0.39 is 0 Å². The number of hydrogen-bond donors (Lipinski definition) is 1. The molecule has 0 bridgehead atoms. The van der Waals surface area contributed by atoms with Crippen LogP contribution in [0, 0.1) is 0 Å². The van der Waals surface area contributed by atoms with E-state index >= 15 is 0 Å². The first kappa shape index (κ1) is 16.0. The Morgan fingerprint density at radius 1 is 1.32 bits per heavy atom. The average Bonchev–Trinajstić information content (AvgIpc) is 2.87. The first-order valence-electron chi connectivity index (χ1n) is 7.20. The summed E-state index contributed by atoms with van der Waals surface area (Å²) >= 11 is 0. The van der Waals surface area contributed by atoms with E-state index in [1.165, 1.54) is 0 Å². The lowest BCUT2D eigenvalue weighted by molar-refractivity contribution is -0.123. The molecule has 1 aromatic carbocycles. The van der Waals surface area contributed by atoms with Crippen LogP contribution < -0.4 is 10.1 Å². The minimum Gasteiger partial charge on any atom is -0.483 e. The van der Waals surface area contributed by atoms with Crippen LogP contribution in [0.5, 0.6) is 5.75 Å². The number of nitrogens with one attached hydrogen (secondary N) is 1. The highest BCUT2D eigenvalue weighted by Crippen LogP contribution is 2.30. The maximum absolute atomic E-state index is 11.9. The maximum atomic E-state index is 11.9. The molecule has 1 heterocycles. The second-order valence-electron chi connectivity index (χ2n) is 6.17. The lowest BCUT2D eigenvalue weighted by atomic mass is 9.86. The summed E-state index contributed by atoms with van der Waals surface area (Å²) in [5.74, 6) is 1.25. The zero-order chi connectivity index (χ0) is 16.2.